The lowest BCUT2D eigenvalue weighted by Crippen LogP contribution is -2.43. The fourth-order valence-corrected chi connectivity index (χ4v) is 5.93. The van der Waals surface area contributed by atoms with Crippen LogP contribution in [0.3, 0.4) is 0 Å². The molecular formula is C22H29N3O6S2. The molecule has 1 aliphatic rings. The topological polar surface area (TPSA) is 122 Å². The zero-order valence-corrected chi connectivity index (χ0v) is 20.5. The Labute approximate surface area is 195 Å². The van der Waals surface area contributed by atoms with E-state index in [1.165, 1.54) is 35.6 Å². The summed E-state index contributed by atoms with van der Waals surface area (Å²) in [5.74, 6) is -0.311. The highest BCUT2D eigenvalue weighted by molar-refractivity contribution is 7.89. The molecule has 2 aromatic rings. The lowest BCUT2D eigenvalue weighted by Gasteiger charge is -2.31. The number of sulfonamides is 2. The number of piperidine rings is 1. The van der Waals surface area contributed by atoms with E-state index in [4.69, 9.17) is 4.74 Å². The second kappa shape index (κ2) is 10.2. The molecule has 33 heavy (non-hydrogen) atoms. The predicted molar refractivity (Wildman–Crippen MR) is 125 cm³/mol. The van der Waals surface area contributed by atoms with Gasteiger partial charge < -0.3 is 10.1 Å². The number of benzene rings is 2. The summed E-state index contributed by atoms with van der Waals surface area (Å²) in [6, 6.07) is 10.7. The van der Waals surface area contributed by atoms with Crippen LogP contribution in [0.15, 0.2) is 52.3 Å². The highest BCUT2D eigenvalue weighted by Crippen LogP contribution is 2.27. The molecule has 0 aliphatic carbocycles. The zero-order valence-electron chi connectivity index (χ0n) is 18.9. The monoisotopic (exact) mass is 495 g/mol. The van der Waals surface area contributed by atoms with Crippen molar-refractivity contribution in [3.05, 3.63) is 48.0 Å². The van der Waals surface area contributed by atoms with Crippen molar-refractivity contribution in [3.8, 4) is 5.75 Å². The number of carbonyl (C=O) groups is 1. The number of anilines is 1. The number of hydrogen-bond donors (Lipinski definition) is 2. The number of nitrogens with one attached hydrogen (secondary N) is 2. The molecule has 3 rings (SSSR count). The van der Waals surface area contributed by atoms with E-state index in [-0.39, 0.29) is 22.2 Å². The van der Waals surface area contributed by atoms with Crippen LogP contribution in [0.1, 0.15) is 25.3 Å². The first-order valence-electron chi connectivity index (χ1n) is 10.7. The largest absolute Gasteiger partial charge is 0.494 e. The Morgan fingerprint density at radius 3 is 2.39 bits per heavy atom. The van der Waals surface area contributed by atoms with E-state index >= 15 is 0 Å². The summed E-state index contributed by atoms with van der Waals surface area (Å²) in [7, 11) is -6.11. The summed E-state index contributed by atoms with van der Waals surface area (Å²) in [6.07, 6.45) is 1.08. The van der Waals surface area contributed by atoms with Crippen molar-refractivity contribution in [2.75, 3.05) is 32.1 Å². The van der Waals surface area contributed by atoms with Gasteiger partial charge in [-0.2, -0.15) is 4.31 Å². The van der Waals surface area contributed by atoms with E-state index in [2.05, 4.69) is 10.0 Å². The van der Waals surface area contributed by atoms with Gasteiger partial charge in [-0.1, -0.05) is 6.07 Å². The molecule has 0 bridgehead atoms. The summed E-state index contributed by atoms with van der Waals surface area (Å²) < 4.78 is 59.3. The van der Waals surface area contributed by atoms with E-state index in [1.54, 1.807) is 25.1 Å². The number of aryl methyl sites for hydroxylation is 1. The molecule has 1 fully saturated rings. The van der Waals surface area contributed by atoms with Gasteiger partial charge in [-0.25, -0.2) is 21.6 Å². The van der Waals surface area contributed by atoms with E-state index in [9.17, 15) is 21.6 Å². The standard InChI is InChI=1S/C22H29N3O6S2/c1-4-31-18-8-11-19(12-9-18)33(29,30)25-13-5-6-17(15-25)22(26)24-21-14-20(10-7-16(21)2)32(27,28)23-3/h7-12,14,17,23H,4-6,13,15H2,1-3H3,(H,24,26). The first-order chi connectivity index (χ1) is 15.6. The Balaban J connectivity index is 1.75. The van der Waals surface area contributed by atoms with Crippen LogP contribution < -0.4 is 14.8 Å². The van der Waals surface area contributed by atoms with Crippen LogP contribution in [-0.4, -0.2) is 53.8 Å². The van der Waals surface area contributed by atoms with E-state index in [0.717, 1.165) is 0 Å². The van der Waals surface area contributed by atoms with E-state index < -0.39 is 26.0 Å². The fraction of sp³-hybridized carbons (Fsp3) is 0.409. The molecule has 11 heteroatoms. The van der Waals surface area contributed by atoms with Gasteiger partial charge in [0, 0.05) is 18.8 Å². The molecule has 0 spiro atoms. The van der Waals surface area contributed by atoms with Crippen LogP contribution in [0.25, 0.3) is 0 Å². The van der Waals surface area contributed by atoms with Crippen molar-refractivity contribution >= 4 is 31.6 Å². The van der Waals surface area contributed by atoms with Gasteiger partial charge in [0.2, 0.25) is 26.0 Å². The summed E-state index contributed by atoms with van der Waals surface area (Å²) in [5.41, 5.74) is 1.08. The van der Waals surface area contributed by atoms with Crippen molar-refractivity contribution in [1.29, 1.82) is 0 Å². The lowest BCUT2D eigenvalue weighted by molar-refractivity contribution is -0.120. The van der Waals surface area contributed by atoms with Crippen LogP contribution in [0.4, 0.5) is 5.69 Å². The second-order valence-corrected chi connectivity index (χ2v) is 11.6. The third-order valence-electron chi connectivity index (χ3n) is 5.57. The Morgan fingerprint density at radius 2 is 1.76 bits per heavy atom. The van der Waals surface area contributed by atoms with Crippen molar-refractivity contribution in [2.45, 2.75) is 36.5 Å². The summed E-state index contributed by atoms with van der Waals surface area (Å²) >= 11 is 0. The second-order valence-electron chi connectivity index (χ2n) is 7.78. The highest BCUT2D eigenvalue weighted by atomic mass is 32.2. The maximum Gasteiger partial charge on any atom is 0.243 e. The first-order valence-corrected chi connectivity index (χ1v) is 13.6. The summed E-state index contributed by atoms with van der Waals surface area (Å²) in [5, 5.41) is 2.78. The number of carbonyl (C=O) groups excluding carboxylic acids is 1. The van der Waals surface area contributed by atoms with Crippen LogP contribution in [0.2, 0.25) is 0 Å². The molecule has 1 amide bonds. The predicted octanol–water partition coefficient (Wildman–Crippen LogP) is 2.34. The molecule has 1 heterocycles. The molecule has 0 aromatic heterocycles. The average Bonchev–Trinajstić information content (AvgIpc) is 2.81. The maximum absolute atomic E-state index is 13.1. The van der Waals surface area contributed by atoms with E-state index in [1.807, 2.05) is 6.92 Å². The van der Waals surface area contributed by atoms with Crippen molar-refractivity contribution < 1.29 is 26.4 Å². The fourth-order valence-electron chi connectivity index (χ4n) is 3.65. The smallest absolute Gasteiger partial charge is 0.243 e. The van der Waals surface area contributed by atoms with Crippen molar-refractivity contribution in [3.63, 3.8) is 0 Å². The van der Waals surface area contributed by atoms with Crippen molar-refractivity contribution in [1.82, 2.24) is 9.03 Å². The Bertz CT molecular complexity index is 1210. The normalized spacial score (nSPS) is 17.5. The number of hydrogen-bond acceptors (Lipinski definition) is 6. The summed E-state index contributed by atoms with van der Waals surface area (Å²) in [6.45, 7) is 4.47. The minimum atomic E-state index is -3.76. The Hall–Kier alpha value is -2.47. The molecule has 1 saturated heterocycles. The molecule has 180 valence electrons. The van der Waals surface area contributed by atoms with Crippen LogP contribution in [-0.2, 0) is 24.8 Å². The maximum atomic E-state index is 13.1. The molecule has 0 radical (unpaired) electrons. The highest BCUT2D eigenvalue weighted by Gasteiger charge is 2.33. The number of nitrogens with zero attached hydrogens (tertiary/aromatic N) is 1. The lowest BCUT2D eigenvalue weighted by atomic mass is 9.98. The van der Waals surface area contributed by atoms with Gasteiger partial charge in [0.25, 0.3) is 0 Å². The van der Waals surface area contributed by atoms with Crippen molar-refractivity contribution in [2.24, 2.45) is 5.92 Å². The third-order valence-corrected chi connectivity index (χ3v) is 8.86. The average molecular weight is 496 g/mol. The molecule has 2 N–H and O–H groups in total. The molecule has 1 aliphatic heterocycles. The Morgan fingerprint density at radius 1 is 1.09 bits per heavy atom. The Kier molecular flexibility index (Phi) is 7.78. The molecule has 0 saturated carbocycles. The van der Waals surface area contributed by atoms with Gasteiger partial charge >= 0.3 is 0 Å². The van der Waals surface area contributed by atoms with Gasteiger partial charge in [-0.15, -0.1) is 0 Å². The van der Waals surface area contributed by atoms with E-state index in [0.29, 0.717) is 43.0 Å². The SMILES string of the molecule is CCOc1ccc(S(=O)(=O)N2CCCC(C(=O)Nc3cc(S(=O)(=O)NC)ccc3C)C2)cc1. The van der Waals surface area contributed by atoms with Gasteiger partial charge in [0.1, 0.15) is 5.75 Å². The number of amides is 1. The first kappa shape index (κ1) is 25.2. The van der Waals surface area contributed by atoms with Gasteiger partial charge in [-0.05, 0) is 75.7 Å². The van der Waals surface area contributed by atoms with Crippen LogP contribution in [0, 0.1) is 12.8 Å². The van der Waals surface area contributed by atoms with Crippen LogP contribution in [0.5, 0.6) is 5.75 Å². The third kappa shape index (κ3) is 5.72. The van der Waals surface area contributed by atoms with Gasteiger partial charge in [-0.3, -0.25) is 4.79 Å². The molecular weight excluding hydrogens is 466 g/mol. The molecule has 1 unspecified atom stereocenters. The van der Waals surface area contributed by atoms with Crippen LogP contribution >= 0.6 is 0 Å². The minimum Gasteiger partial charge on any atom is -0.494 e. The number of rotatable bonds is 8. The number of ether oxygens (including phenoxy) is 1. The minimum absolute atomic E-state index is 0.0363. The quantitative estimate of drug-likeness (QED) is 0.580. The van der Waals surface area contributed by atoms with Gasteiger partial charge in [0.05, 0.1) is 22.3 Å². The zero-order chi connectivity index (χ0) is 24.2. The molecule has 2 aromatic carbocycles. The molecule has 1 atom stereocenters. The summed E-state index contributed by atoms with van der Waals surface area (Å²) in [4.78, 5) is 13.1. The van der Waals surface area contributed by atoms with Gasteiger partial charge in [0.15, 0.2) is 0 Å². The molecule has 9 nitrogen and oxygen atoms in total.